The molecular formula is C12H18N4O2. The van der Waals surface area contributed by atoms with Crippen LogP contribution in [-0.2, 0) is 0 Å². The molecule has 1 saturated heterocycles. The van der Waals surface area contributed by atoms with E-state index in [1.165, 1.54) is 6.07 Å². The van der Waals surface area contributed by atoms with Crippen LogP contribution in [0.3, 0.4) is 0 Å². The molecule has 2 rings (SSSR count). The molecule has 0 amide bonds. The van der Waals surface area contributed by atoms with E-state index >= 15 is 0 Å². The summed E-state index contributed by atoms with van der Waals surface area (Å²) < 4.78 is 0. The first-order valence-electron chi connectivity index (χ1n) is 6.23. The maximum Gasteiger partial charge on any atom is 0.311 e. The van der Waals surface area contributed by atoms with E-state index in [1.54, 1.807) is 12.3 Å². The third kappa shape index (κ3) is 2.43. The smallest absolute Gasteiger partial charge is 0.311 e. The molecule has 2 N–H and O–H groups in total. The van der Waals surface area contributed by atoms with Gasteiger partial charge < -0.3 is 10.6 Å². The van der Waals surface area contributed by atoms with Crippen molar-refractivity contribution < 1.29 is 4.92 Å². The molecule has 0 radical (unpaired) electrons. The second-order valence-corrected chi connectivity index (χ2v) is 4.67. The van der Waals surface area contributed by atoms with Crippen molar-refractivity contribution >= 4 is 11.5 Å². The monoisotopic (exact) mass is 250 g/mol. The Bertz CT molecular complexity index is 438. The number of pyridine rings is 1. The van der Waals surface area contributed by atoms with Gasteiger partial charge in [0.2, 0.25) is 5.82 Å². The van der Waals surface area contributed by atoms with Gasteiger partial charge in [0.15, 0.2) is 0 Å². The molecule has 1 aromatic rings. The number of anilines is 1. The normalized spacial score (nSPS) is 24.0. The lowest BCUT2D eigenvalue weighted by molar-refractivity contribution is -0.384. The van der Waals surface area contributed by atoms with E-state index in [0.29, 0.717) is 11.7 Å². The number of nitrogens with zero attached hydrogens (tertiary/aromatic N) is 3. The second kappa shape index (κ2) is 5.30. The third-order valence-electron chi connectivity index (χ3n) is 3.58. The molecule has 0 bridgehead atoms. The zero-order valence-corrected chi connectivity index (χ0v) is 10.5. The highest BCUT2D eigenvalue weighted by Crippen LogP contribution is 2.29. The average molecular weight is 250 g/mol. The van der Waals surface area contributed by atoms with Gasteiger partial charge >= 0.3 is 5.69 Å². The molecule has 2 unspecified atom stereocenters. The van der Waals surface area contributed by atoms with Crippen LogP contribution in [0.1, 0.15) is 19.8 Å². The van der Waals surface area contributed by atoms with Crippen molar-refractivity contribution in [2.45, 2.75) is 25.8 Å². The summed E-state index contributed by atoms with van der Waals surface area (Å²) in [4.78, 5) is 16.8. The standard InChI is InChI=1S/C12H18N4O2/c1-2-9-8-15(7-5-10(9)13)12-11(16(17)18)4-3-6-14-12/h3-4,6,9-10H,2,5,7-8,13H2,1H3. The molecule has 2 heterocycles. The van der Waals surface area contributed by atoms with Gasteiger partial charge in [0.1, 0.15) is 0 Å². The van der Waals surface area contributed by atoms with E-state index in [-0.39, 0.29) is 16.7 Å². The van der Waals surface area contributed by atoms with Gasteiger partial charge in [-0.3, -0.25) is 10.1 Å². The van der Waals surface area contributed by atoms with Crippen LogP contribution in [0.25, 0.3) is 0 Å². The van der Waals surface area contributed by atoms with E-state index in [0.717, 1.165) is 25.9 Å². The molecule has 1 fully saturated rings. The fourth-order valence-corrected chi connectivity index (χ4v) is 2.45. The molecule has 0 aliphatic carbocycles. The summed E-state index contributed by atoms with van der Waals surface area (Å²) in [5.74, 6) is 0.841. The summed E-state index contributed by atoms with van der Waals surface area (Å²) in [6.07, 6.45) is 3.43. The molecule has 1 aliphatic heterocycles. The number of nitro groups is 1. The van der Waals surface area contributed by atoms with Gasteiger partial charge in [0, 0.05) is 31.4 Å². The number of piperidine rings is 1. The fraction of sp³-hybridized carbons (Fsp3) is 0.583. The second-order valence-electron chi connectivity index (χ2n) is 4.67. The quantitative estimate of drug-likeness (QED) is 0.650. The van der Waals surface area contributed by atoms with Crippen LogP contribution in [-0.4, -0.2) is 29.0 Å². The van der Waals surface area contributed by atoms with Crippen molar-refractivity contribution in [1.29, 1.82) is 0 Å². The molecule has 1 aromatic heterocycles. The lowest BCUT2D eigenvalue weighted by atomic mass is 9.90. The van der Waals surface area contributed by atoms with Crippen molar-refractivity contribution in [3.8, 4) is 0 Å². The van der Waals surface area contributed by atoms with Gasteiger partial charge in [-0.05, 0) is 18.4 Å². The highest BCUT2D eigenvalue weighted by atomic mass is 16.6. The van der Waals surface area contributed by atoms with E-state index in [4.69, 9.17) is 5.73 Å². The van der Waals surface area contributed by atoms with Crippen molar-refractivity contribution in [2.75, 3.05) is 18.0 Å². The van der Waals surface area contributed by atoms with Crippen LogP contribution >= 0.6 is 0 Å². The van der Waals surface area contributed by atoms with Gasteiger partial charge in [-0.25, -0.2) is 4.98 Å². The molecule has 6 nitrogen and oxygen atoms in total. The Morgan fingerprint density at radius 1 is 1.67 bits per heavy atom. The molecule has 0 aromatic carbocycles. The number of hydrogen-bond donors (Lipinski definition) is 1. The summed E-state index contributed by atoms with van der Waals surface area (Å²) in [6.45, 7) is 3.58. The number of rotatable bonds is 3. The van der Waals surface area contributed by atoms with E-state index in [2.05, 4.69) is 11.9 Å². The van der Waals surface area contributed by atoms with Crippen molar-refractivity contribution in [3.05, 3.63) is 28.4 Å². The minimum absolute atomic E-state index is 0.0721. The lowest BCUT2D eigenvalue weighted by Gasteiger charge is -2.36. The summed E-state index contributed by atoms with van der Waals surface area (Å²) in [7, 11) is 0. The molecular weight excluding hydrogens is 232 g/mol. The van der Waals surface area contributed by atoms with Crippen molar-refractivity contribution in [1.82, 2.24) is 4.98 Å². The highest BCUT2D eigenvalue weighted by Gasteiger charge is 2.29. The Hall–Kier alpha value is -1.69. The molecule has 6 heteroatoms. The van der Waals surface area contributed by atoms with Crippen LogP contribution in [0, 0.1) is 16.0 Å². The van der Waals surface area contributed by atoms with Gasteiger partial charge in [0.25, 0.3) is 0 Å². The highest BCUT2D eigenvalue weighted by molar-refractivity contribution is 5.57. The first-order chi connectivity index (χ1) is 8.63. The van der Waals surface area contributed by atoms with Gasteiger partial charge in [-0.15, -0.1) is 0 Å². The summed E-state index contributed by atoms with van der Waals surface area (Å²) >= 11 is 0. The number of aromatic nitrogens is 1. The Labute approximate surface area is 106 Å². The Kier molecular flexibility index (Phi) is 3.76. The Balaban J connectivity index is 2.24. The predicted molar refractivity (Wildman–Crippen MR) is 69.5 cm³/mol. The minimum Gasteiger partial charge on any atom is -0.350 e. The zero-order valence-electron chi connectivity index (χ0n) is 10.5. The van der Waals surface area contributed by atoms with Gasteiger partial charge in [0.05, 0.1) is 4.92 Å². The van der Waals surface area contributed by atoms with Crippen LogP contribution in [0.15, 0.2) is 18.3 Å². The molecule has 2 atom stereocenters. The first-order valence-corrected chi connectivity index (χ1v) is 6.23. The summed E-state index contributed by atoms with van der Waals surface area (Å²) in [5, 5.41) is 11.0. The average Bonchev–Trinajstić information content (AvgIpc) is 2.39. The fourth-order valence-electron chi connectivity index (χ4n) is 2.45. The Morgan fingerprint density at radius 3 is 3.11 bits per heavy atom. The molecule has 1 aliphatic rings. The van der Waals surface area contributed by atoms with Crippen LogP contribution in [0.5, 0.6) is 0 Å². The van der Waals surface area contributed by atoms with Crippen molar-refractivity contribution in [2.24, 2.45) is 11.7 Å². The summed E-state index contributed by atoms with van der Waals surface area (Å²) in [6, 6.07) is 3.28. The molecule has 0 spiro atoms. The van der Waals surface area contributed by atoms with Crippen LogP contribution in [0.2, 0.25) is 0 Å². The van der Waals surface area contributed by atoms with E-state index in [9.17, 15) is 10.1 Å². The SMILES string of the molecule is CCC1CN(c2ncccc2[N+](=O)[O-])CCC1N. The first kappa shape index (κ1) is 12.8. The van der Waals surface area contributed by atoms with Gasteiger partial charge in [-0.2, -0.15) is 0 Å². The van der Waals surface area contributed by atoms with E-state index in [1.807, 2.05) is 4.90 Å². The zero-order chi connectivity index (χ0) is 13.1. The number of hydrogen-bond acceptors (Lipinski definition) is 5. The van der Waals surface area contributed by atoms with Crippen LogP contribution in [0.4, 0.5) is 11.5 Å². The van der Waals surface area contributed by atoms with Crippen LogP contribution < -0.4 is 10.6 Å². The van der Waals surface area contributed by atoms with E-state index < -0.39 is 0 Å². The largest absolute Gasteiger partial charge is 0.350 e. The Morgan fingerprint density at radius 2 is 2.44 bits per heavy atom. The molecule has 18 heavy (non-hydrogen) atoms. The maximum absolute atomic E-state index is 11.0. The lowest BCUT2D eigenvalue weighted by Crippen LogP contribution is -2.47. The minimum atomic E-state index is -0.377. The predicted octanol–water partition coefficient (Wildman–Crippen LogP) is 1.55. The van der Waals surface area contributed by atoms with Gasteiger partial charge in [-0.1, -0.05) is 13.3 Å². The summed E-state index contributed by atoms with van der Waals surface area (Å²) in [5.41, 5.74) is 6.12. The molecule has 0 saturated carbocycles. The maximum atomic E-state index is 11.0. The molecule has 98 valence electrons. The number of nitrogens with two attached hydrogens (primary N) is 1. The third-order valence-corrected chi connectivity index (χ3v) is 3.58. The topological polar surface area (TPSA) is 85.3 Å². The van der Waals surface area contributed by atoms with Crippen molar-refractivity contribution in [3.63, 3.8) is 0 Å².